The van der Waals surface area contributed by atoms with Crippen LogP contribution in [0.25, 0.3) is 0 Å². The molecular formula is C34H31ClN2O4S2. The van der Waals surface area contributed by atoms with Gasteiger partial charge in [0.1, 0.15) is 5.71 Å². The van der Waals surface area contributed by atoms with Crippen LogP contribution in [0, 0.1) is 0 Å². The van der Waals surface area contributed by atoms with Crippen LogP contribution in [0.15, 0.2) is 123 Å². The second-order valence-corrected chi connectivity index (χ2v) is 12.0. The first-order valence-corrected chi connectivity index (χ1v) is 16.0. The third-order valence-corrected chi connectivity index (χ3v) is 8.73. The number of rotatable bonds is 13. The highest BCUT2D eigenvalue weighted by Gasteiger charge is 2.18. The van der Waals surface area contributed by atoms with E-state index in [2.05, 4.69) is 5.16 Å². The molecule has 0 atom stereocenters. The summed E-state index contributed by atoms with van der Waals surface area (Å²) < 4.78 is 0. The first-order valence-electron chi connectivity index (χ1n) is 13.8. The maximum atomic E-state index is 13.4. The number of halogens is 1. The van der Waals surface area contributed by atoms with Gasteiger partial charge in [-0.3, -0.25) is 14.4 Å². The lowest BCUT2D eigenvalue weighted by Crippen LogP contribution is -2.30. The molecule has 0 aliphatic rings. The normalized spacial score (nSPS) is 11.2. The molecule has 4 aromatic rings. The minimum Gasteiger partial charge on any atom is -0.307 e. The lowest BCUT2D eigenvalue weighted by Gasteiger charge is -2.15. The Labute approximate surface area is 265 Å². The fraction of sp³-hybridized carbons (Fsp3) is 0.176. The van der Waals surface area contributed by atoms with Crippen LogP contribution in [-0.4, -0.2) is 47.1 Å². The van der Waals surface area contributed by atoms with Gasteiger partial charge < -0.3 is 4.90 Å². The average Bonchev–Trinajstić information content (AvgIpc) is 3.04. The predicted molar refractivity (Wildman–Crippen MR) is 175 cm³/mol. The highest BCUT2D eigenvalue weighted by atomic mass is 35.5. The molecule has 0 saturated carbocycles. The van der Waals surface area contributed by atoms with Gasteiger partial charge in [0.05, 0.1) is 0 Å². The van der Waals surface area contributed by atoms with E-state index < -0.39 is 6.09 Å². The summed E-state index contributed by atoms with van der Waals surface area (Å²) in [5.74, 6) is 0.238. The van der Waals surface area contributed by atoms with Gasteiger partial charge in [0.2, 0.25) is 5.78 Å². The molecule has 0 spiro atoms. The molecule has 0 N–H and O–H groups in total. The Morgan fingerprint density at radius 2 is 1.26 bits per heavy atom. The number of Topliss-reactive ketones (excluding diaryl/α,β-unsaturated/α-hetero) is 1. The molecule has 43 heavy (non-hydrogen) atoms. The van der Waals surface area contributed by atoms with E-state index in [1.807, 2.05) is 92.7 Å². The highest BCUT2D eigenvalue weighted by molar-refractivity contribution is 7.99. The zero-order valence-electron chi connectivity index (χ0n) is 23.9. The molecule has 0 aromatic heterocycles. The summed E-state index contributed by atoms with van der Waals surface area (Å²) in [5.41, 5.74) is 1.89. The quantitative estimate of drug-likeness (QED) is 0.0483. The van der Waals surface area contributed by atoms with Crippen molar-refractivity contribution in [2.24, 2.45) is 5.16 Å². The molecule has 0 saturated heterocycles. The zero-order chi connectivity index (χ0) is 30.6. The first-order chi connectivity index (χ1) is 20.9. The Balaban J connectivity index is 1.42. The minimum atomic E-state index is -0.594. The second kappa shape index (κ2) is 16.1. The number of carbonyl (C=O) groups excluding carboxylic acids is 3. The van der Waals surface area contributed by atoms with Crippen LogP contribution in [-0.2, 0) is 4.84 Å². The number of benzene rings is 4. The van der Waals surface area contributed by atoms with E-state index in [4.69, 9.17) is 16.4 Å². The molecule has 220 valence electrons. The van der Waals surface area contributed by atoms with Gasteiger partial charge in [0, 0.05) is 61.7 Å². The second-order valence-electron chi connectivity index (χ2n) is 9.29. The van der Waals surface area contributed by atoms with Crippen LogP contribution in [0.5, 0.6) is 0 Å². The number of hydrogen-bond acceptors (Lipinski definition) is 7. The number of amides is 1. The van der Waals surface area contributed by atoms with Crippen molar-refractivity contribution in [2.75, 3.05) is 18.8 Å². The summed E-state index contributed by atoms with van der Waals surface area (Å²) in [5, 5.41) is 4.66. The Bertz CT molecular complexity index is 1560. The molecule has 0 aliphatic carbocycles. The number of nitrogens with zero attached hydrogens (tertiary/aromatic N) is 2. The number of carbonyl (C=O) groups is 3. The maximum absolute atomic E-state index is 13.4. The van der Waals surface area contributed by atoms with E-state index in [0.717, 1.165) is 14.7 Å². The van der Waals surface area contributed by atoms with E-state index >= 15 is 0 Å². The van der Waals surface area contributed by atoms with Crippen molar-refractivity contribution in [1.29, 1.82) is 0 Å². The molecular weight excluding hydrogens is 600 g/mol. The van der Waals surface area contributed by atoms with Crippen molar-refractivity contribution >= 4 is 58.5 Å². The summed E-state index contributed by atoms with van der Waals surface area (Å²) in [7, 11) is 0. The molecule has 0 fully saturated rings. The van der Waals surface area contributed by atoms with Gasteiger partial charge >= 0.3 is 6.09 Å². The number of oxime groups is 1. The maximum Gasteiger partial charge on any atom is 0.435 e. The number of ketones is 2. The average molecular weight is 631 g/mol. The molecule has 0 unspecified atom stereocenters. The Morgan fingerprint density at radius 3 is 1.84 bits per heavy atom. The molecule has 9 heteroatoms. The van der Waals surface area contributed by atoms with Crippen LogP contribution in [0.2, 0.25) is 5.02 Å². The van der Waals surface area contributed by atoms with Crippen LogP contribution >= 0.6 is 35.1 Å². The summed E-state index contributed by atoms with van der Waals surface area (Å²) in [4.78, 5) is 48.1. The molecule has 0 bridgehead atoms. The number of thioether (sulfide) groups is 1. The van der Waals surface area contributed by atoms with Gasteiger partial charge in [0.15, 0.2) is 5.78 Å². The van der Waals surface area contributed by atoms with Gasteiger partial charge in [-0.05, 0) is 86.6 Å². The van der Waals surface area contributed by atoms with E-state index in [1.54, 1.807) is 36.0 Å². The van der Waals surface area contributed by atoms with Crippen molar-refractivity contribution in [1.82, 2.24) is 4.90 Å². The predicted octanol–water partition coefficient (Wildman–Crippen LogP) is 8.92. The minimum absolute atomic E-state index is 0.0215. The monoisotopic (exact) mass is 630 g/mol. The van der Waals surface area contributed by atoms with Crippen molar-refractivity contribution < 1.29 is 19.2 Å². The third kappa shape index (κ3) is 9.32. The van der Waals surface area contributed by atoms with Gasteiger partial charge in [0.25, 0.3) is 0 Å². The van der Waals surface area contributed by atoms with Crippen molar-refractivity contribution in [2.45, 2.75) is 35.0 Å². The van der Waals surface area contributed by atoms with Gasteiger partial charge in [-0.2, -0.15) is 0 Å². The molecule has 6 nitrogen and oxygen atoms in total. The van der Waals surface area contributed by atoms with Crippen LogP contribution in [0.3, 0.4) is 0 Å². The first kappa shape index (κ1) is 32.1. The summed E-state index contributed by atoms with van der Waals surface area (Å²) in [6.07, 6.45) is -0.286. The Morgan fingerprint density at radius 1 is 0.721 bits per heavy atom. The SMILES string of the molecule is CCN(CC)C(=O)O/N=C(\CCSc1ccc(Cl)cc1)C(=O)c1ccc(Sc2ccc(C(=O)c3ccccc3)cc2)cc1. The van der Waals surface area contributed by atoms with E-state index in [0.29, 0.717) is 47.0 Å². The molecule has 4 aromatic carbocycles. The van der Waals surface area contributed by atoms with Gasteiger partial charge in [-0.15, -0.1) is 11.8 Å². The lowest BCUT2D eigenvalue weighted by atomic mass is 10.0. The van der Waals surface area contributed by atoms with E-state index in [1.165, 1.54) is 16.7 Å². The molecule has 0 aliphatic heterocycles. The third-order valence-electron chi connectivity index (χ3n) is 6.44. The fourth-order valence-electron chi connectivity index (χ4n) is 4.04. The molecule has 4 rings (SSSR count). The fourth-order valence-corrected chi connectivity index (χ4v) is 5.84. The topological polar surface area (TPSA) is 76.0 Å². The van der Waals surface area contributed by atoms with Crippen molar-refractivity contribution in [3.8, 4) is 0 Å². The Hall–Kier alpha value is -3.85. The van der Waals surface area contributed by atoms with Crippen LogP contribution in [0.4, 0.5) is 4.79 Å². The smallest absolute Gasteiger partial charge is 0.307 e. The van der Waals surface area contributed by atoms with Crippen LogP contribution in [0.1, 0.15) is 46.5 Å². The van der Waals surface area contributed by atoms with E-state index in [-0.39, 0.29) is 17.3 Å². The van der Waals surface area contributed by atoms with Crippen molar-refractivity contribution in [3.63, 3.8) is 0 Å². The zero-order valence-corrected chi connectivity index (χ0v) is 26.3. The lowest BCUT2D eigenvalue weighted by molar-refractivity contribution is 0.101. The number of hydrogen-bond donors (Lipinski definition) is 0. The van der Waals surface area contributed by atoms with Crippen molar-refractivity contribution in [3.05, 3.63) is 125 Å². The molecule has 1 amide bonds. The van der Waals surface area contributed by atoms with Crippen LogP contribution < -0.4 is 0 Å². The van der Waals surface area contributed by atoms with Gasteiger partial charge in [-0.1, -0.05) is 58.9 Å². The van der Waals surface area contributed by atoms with Gasteiger partial charge in [-0.25, -0.2) is 4.79 Å². The Kier molecular flexibility index (Phi) is 12.0. The largest absolute Gasteiger partial charge is 0.435 e. The summed E-state index contributed by atoms with van der Waals surface area (Å²) >= 11 is 9.07. The molecule has 0 radical (unpaired) electrons. The molecule has 0 heterocycles. The standard InChI is InChI=1S/C34H31ClN2O4S2/c1-3-37(4-2)34(40)41-36-31(22-23-42-28-20-14-27(35)15-21-28)33(39)26-12-18-30(19-13-26)43-29-16-10-25(11-17-29)32(38)24-8-6-5-7-9-24/h5-21H,3-4,22-23H2,1-2H3/b36-31+. The highest BCUT2D eigenvalue weighted by Crippen LogP contribution is 2.29. The summed E-state index contributed by atoms with van der Waals surface area (Å²) in [6.45, 7) is 4.65. The van der Waals surface area contributed by atoms with E-state index in [9.17, 15) is 14.4 Å². The summed E-state index contributed by atoms with van der Waals surface area (Å²) in [6, 6.07) is 31.3.